The van der Waals surface area contributed by atoms with Gasteiger partial charge in [0.2, 0.25) is 0 Å². The fourth-order valence-corrected chi connectivity index (χ4v) is 2.46. The zero-order valence-corrected chi connectivity index (χ0v) is 11.3. The minimum Gasteiger partial charge on any atom is -0.296 e. The van der Waals surface area contributed by atoms with Gasteiger partial charge in [0.15, 0.2) is 0 Å². The average molecular weight is 245 g/mol. The van der Waals surface area contributed by atoms with Crippen LogP contribution < -0.4 is 10.6 Å². The van der Waals surface area contributed by atoms with Crippen molar-refractivity contribution in [3.63, 3.8) is 0 Å². The molecular formula is C15H23N3. The van der Waals surface area contributed by atoms with E-state index in [1.54, 1.807) is 0 Å². The second-order valence-corrected chi connectivity index (χ2v) is 5.34. The van der Waals surface area contributed by atoms with E-state index in [2.05, 4.69) is 42.1 Å². The van der Waals surface area contributed by atoms with Crippen LogP contribution in [0.1, 0.15) is 32.4 Å². The number of hydrogen-bond donors (Lipinski definition) is 2. The maximum atomic E-state index is 4.32. The van der Waals surface area contributed by atoms with Gasteiger partial charge in [-0.15, -0.1) is 0 Å². The van der Waals surface area contributed by atoms with Crippen LogP contribution in [-0.2, 0) is 6.54 Å². The predicted molar refractivity (Wildman–Crippen MR) is 75.0 cm³/mol. The van der Waals surface area contributed by atoms with Crippen molar-refractivity contribution in [3.8, 4) is 0 Å². The molecule has 1 aliphatic rings. The number of aromatic nitrogens is 1. The van der Waals surface area contributed by atoms with E-state index in [1.165, 1.54) is 5.57 Å². The number of rotatable bonds is 4. The highest BCUT2D eigenvalue weighted by molar-refractivity contribution is 5.11. The van der Waals surface area contributed by atoms with Gasteiger partial charge in [0.05, 0.1) is 11.9 Å². The van der Waals surface area contributed by atoms with Crippen molar-refractivity contribution in [1.82, 2.24) is 15.6 Å². The van der Waals surface area contributed by atoms with Crippen LogP contribution in [0.15, 0.2) is 36.5 Å². The summed E-state index contributed by atoms with van der Waals surface area (Å²) < 4.78 is 0. The molecule has 3 nitrogen and oxygen atoms in total. The van der Waals surface area contributed by atoms with E-state index in [1.807, 2.05) is 18.3 Å². The Kier molecular flexibility index (Phi) is 4.50. The third kappa shape index (κ3) is 3.40. The molecule has 2 rings (SSSR count). The number of hydrogen-bond acceptors (Lipinski definition) is 3. The number of nitrogens with one attached hydrogen (secondary N) is 2. The van der Waals surface area contributed by atoms with Crippen molar-refractivity contribution in [1.29, 1.82) is 0 Å². The van der Waals surface area contributed by atoms with Crippen molar-refractivity contribution in [2.75, 3.05) is 0 Å². The first-order chi connectivity index (χ1) is 8.66. The Labute approximate surface area is 110 Å². The van der Waals surface area contributed by atoms with E-state index >= 15 is 0 Å². The van der Waals surface area contributed by atoms with E-state index in [9.17, 15) is 0 Å². The summed E-state index contributed by atoms with van der Waals surface area (Å²) in [5.74, 6) is 0.594. The van der Waals surface area contributed by atoms with Gasteiger partial charge >= 0.3 is 0 Å². The van der Waals surface area contributed by atoms with Gasteiger partial charge in [0.1, 0.15) is 0 Å². The zero-order chi connectivity index (χ0) is 13.0. The first kappa shape index (κ1) is 13.2. The summed E-state index contributed by atoms with van der Waals surface area (Å²) in [6, 6.07) is 6.45. The molecule has 0 amide bonds. The molecule has 0 spiro atoms. The average Bonchev–Trinajstić information content (AvgIpc) is 2.38. The summed E-state index contributed by atoms with van der Waals surface area (Å²) in [7, 11) is 0. The molecule has 2 heterocycles. The molecule has 0 saturated carbocycles. The van der Waals surface area contributed by atoms with Crippen LogP contribution in [-0.4, -0.2) is 17.2 Å². The van der Waals surface area contributed by atoms with E-state index in [-0.39, 0.29) is 0 Å². The molecule has 18 heavy (non-hydrogen) atoms. The van der Waals surface area contributed by atoms with Gasteiger partial charge in [-0.05, 0) is 30.9 Å². The molecule has 2 N–H and O–H groups in total. The topological polar surface area (TPSA) is 37.0 Å². The Balaban J connectivity index is 1.85. The third-order valence-corrected chi connectivity index (χ3v) is 3.50. The predicted octanol–water partition coefficient (Wildman–Crippen LogP) is 2.46. The molecule has 1 aliphatic heterocycles. The monoisotopic (exact) mass is 245 g/mol. The Hall–Kier alpha value is -1.19. The first-order valence-corrected chi connectivity index (χ1v) is 6.74. The fourth-order valence-electron chi connectivity index (χ4n) is 2.46. The number of piperidine rings is 1. The Morgan fingerprint density at radius 2 is 2.33 bits per heavy atom. The molecule has 0 aliphatic carbocycles. The Morgan fingerprint density at radius 1 is 1.50 bits per heavy atom. The molecule has 1 aromatic heterocycles. The molecule has 0 radical (unpaired) electrons. The van der Waals surface area contributed by atoms with Crippen molar-refractivity contribution in [3.05, 3.63) is 42.2 Å². The summed E-state index contributed by atoms with van der Waals surface area (Å²) in [6.07, 6.45) is 4.42. The maximum absolute atomic E-state index is 4.32. The van der Waals surface area contributed by atoms with E-state index in [4.69, 9.17) is 0 Å². The number of pyridine rings is 1. The van der Waals surface area contributed by atoms with Crippen LogP contribution in [0.2, 0.25) is 0 Å². The molecule has 98 valence electrons. The second kappa shape index (κ2) is 6.12. The summed E-state index contributed by atoms with van der Waals surface area (Å²) in [5, 5.41) is 7.16. The molecule has 0 bridgehead atoms. The van der Waals surface area contributed by atoms with Gasteiger partial charge in [0, 0.05) is 18.8 Å². The van der Waals surface area contributed by atoms with E-state index in [0.29, 0.717) is 18.1 Å². The van der Waals surface area contributed by atoms with Crippen molar-refractivity contribution < 1.29 is 0 Å². The highest BCUT2D eigenvalue weighted by Gasteiger charge is 2.25. The zero-order valence-electron chi connectivity index (χ0n) is 11.3. The summed E-state index contributed by atoms with van der Waals surface area (Å²) in [5.41, 5.74) is 2.42. The lowest BCUT2D eigenvalue weighted by Crippen LogP contribution is -2.52. The van der Waals surface area contributed by atoms with Crippen molar-refractivity contribution >= 4 is 0 Å². The summed E-state index contributed by atoms with van der Waals surface area (Å²) >= 11 is 0. The first-order valence-electron chi connectivity index (χ1n) is 6.74. The molecule has 0 aromatic carbocycles. The van der Waals surface area contributed by atoms with E-state index < -0.39 is 0 Å². The summed E-state index contributed by atoms with van der Waals surface area (Å²) in [4.78, 5) is 4.32. The van der Waals surface area contributed by atoms with Gasteiger partial charge in [-0.3, -0.25) is 15.6 Å². The minimum atomic E-state index is 0.366. The molecule has 1 fully saturated rings. The minimum absolute atomic E-state index is 0.366. The fraction of sp³-hybridized carbons (Fsp3) is 0.533. The van der Waals surface area contributed by atoms with Crippen LogP contribution in [0, 0.1) is 5.92 Å². The smallest absolute Gasteiger partial charge is 0.0582 e. The van der Waals surface area contributed by atoms with Crippen LogP contribution in [0.5, 0.6) is 0 Å². The standard InChI is InChI=1S/C15H23N3/c1-11(2)15-12(3)7-8-14(18-15)17-10-13-6-4-5-9-16-13/h4-6,9,11,14-15,17-18H,3,7-8,10H2,1-2H3. The van der Waals surface area contributed by atoms with Gasteiger partial charge in [0.25, 0.3) is 0 Å². The van der Waals surface area contributed by atoms with Crippen LogP contribution >= 0.6 is 0 Å². The maximum Gasteiger partial charge on any atom is 0.0582 e. The Bertz CT molecular complexity index is 386. The lowest BCUT2D eigenvalue weighted by Gasteiger charge is -2.35. The molecule has 3 heteroatoms. The Morgan fingerprint density at radius 3 is 3.00 bits per heavy atom. The van der Waals surface area contributed by atoms with Gasteiger partial charge in [-0.1, -0.05) is 32.1 Å². The molecule has 2 unspecified atom stereocenters. The molecular weight excluding hydrogens is 222 g/mol. The highest BCUT2D eigenvalue weighted by atomic mass is 15.1. The molecule has 1 saturated heterocycles. The number of nitrogens with zero attached hydrogens (tertiary/aromatic N) is 1. The molecule has 2 atom stereocenters. The van der Waals surface area contributed by atoms with Gasteiger partial charge in [-0.2, -0.15) is 0 Å². The van der Waals surface area contributed by atoms with Gasteiger partial charge < -0.3 is 0 Å². The van der Waals surface area contributed by atoms with Crippen LogP contribution in [0.4, 0.5) is 0 Å². The van der Waals surface area contributed by atoms with Gasteiger partial charge in [-0.25, -0.2) is 0 Å². The normalized spacial score (nSPS) is 24.5. The molecule has 1 aromatic rings. The lowest BCUT2D eigenvalue weighted by molar-refractivity contribution is 0.290. The van der Waals surface area contributed by atoms with Crippen LogP contribution in [0.3, 0.4) is 0 Å². The quantitative estimate of drug-likeness (QED) is 0.800. The summed E-state index contributed by atoms with van der Waals surface area (Å²) in [6.45, 7) is 9.46. The highest BCUT2D eigenvalue weighted by Crippen LogP contribution is 2.21. The third-order valence-electron chi connectivity index (χ3n) is 3.50. The SMILES string of the molecule is C=C1CCC(NCc2ccccn2)NC1C(C)C. The van der Waals surface area contributed by atoms with Crippen molar-refractivity contribution in [2.45, 2.75) is 45.4 Å². The van der Waals surface area contributed by atoms with Crippen LogP contribution in [0.25, 0.3) is 0 Å². The lowest BCUT2D eigenvalue weighted by atomic mass is 9.89. The largest absolute Gasteiger partial charge is 0.296 e. The second-order valence-electron chi connectivity index (χ2n) is 5.34. The van der Waals surface area contributed by atoms with Crippen molar-refractivity contribution in [2.24, 2.45) is 5.92 Å². The van der Waals surface area contributed by atoms with E-state index in [0.717, 1.165) is 25.1 Å².